The van der Waals surface area contributed by atoms with Gasteiger partial charge in [-0.05, 0) is 30.9 Å². The van der Waals surface area contributed by atoms with Gasteiger partial charge in [0, 0.05) is 18.2 Å². The molecule has 0 amide bonds. The Morgan fingerprint density at radius 1 is 1.26 bits per heavy atom. The third-order valence-electron chi connectivity index (χ3n) is 3.51. The Hall–Kier alpha value is -1.42. The van der Waals surface area contributed by atoms with E-state index >= 15 is 0 Å². The highest BCUT2D eigenvalue weighted by Gasteiger charge is 2.13. The summed E-state index contributed by atoms with van der Waals surface area (Å²) in [7, 11) is 0. The molecular formula is C15H24N2O2. The van der Waals surface area contributed by atoms with Crippen LogP contribution in [0, 0.1) is 16.0 Å². The minimum atomic E-state index is -0.356. The molecule has 1 rings (SSSR count). The van der Waals surface area contributed by atoms with E-state index in [4.69, 9.17) is 0 Å². The average Bonchev–Trinajstić information content (AvgIpc) is 2.39. The lowest BCUT2D eigenvalue weighted by atomic mass is 9.94. The molecule has 2 atom stereocenters. The molecule has 0 aliphatic rings. The number of nitro groups is 1. The fourth-order valence-electron chi connectivity index (χ4n) is 2.22. The minimum absolute atomic E-state index is 0.158. The van der Waals surface area contributed by atoms with Crippen molar-refractivity contribution in [1.82, 2.24) is 5.32 Å². The Morgan fingerprint density at radius 3 is 2.37 bits per heavy atom. The molecule has 0 bridgehead atoms. The van der Waals surface area contributed by atoms with Crippen LogP contribution in [0.4, 0.5) is 5.69 Å². The predicted octanol–water partition coefficient (Wildman–Crippen LogP) is 3.55. The number of nitro benzene ring substituents is 1. The van der Waals surface area contributed by atoms with Gasteiger partial charge in [0.05, 0.1) is 4.92 Å². The van der Waals surface area contributed by atoms with Gasteiger partial charge in [-0.3, -0.25) is 10.1 Å². The first-order chi connectivity index (χ1) is 9.06. The van der Waals surface area contributed by atoms with Gasteiger partial charge >= 0.3 is 0 Å². The zero-order valence-corrected chi connectivity index (χ0v) is 12.1. The normalized spacial score (nSPS) is 14.1. The standard InChI is InChI=1S/C15H24N2O2/c1-4-12(3)10-14(16-5-2)11-13-6-8-15(9-7-13)17(18)19/h6-9,12,14,16H,4-5,10-11H2,1-3H3. The third kappa shape index (κ3) is 5.39. The fourth-order valence-corrected chi connectivity index (χ4v) is 2.22. The molecule has 0 radical (unpaired) electrons. The molecule has 4 nitrogen and oxygen atoms in total. The van der Waals surface area contributed by atoms with Crippen LogP contribution in [0.5, 0.6) is 0 Å². The number of rotatable bonds is 8. The summed E-state index contributed by atoms with van der Waals surface area (Å²) in [6.45, 7) is 7.53. The number of hydrogen-bond acceptors (Lipinski definition) is 3. The summed E-state index contributed by atoms with van der Waals surface area (Å²) in [6.07, 6.45) is 3.25. The van der Waals surface area contributed by atoms with E-state index in [0.717, 1.165) is 24.9 Å². The topological polar surface area (TPSA) is 55.2 Å². The molecule has 0 aliphatic heterocycles. The van der Waals surface area contributed by atoms with Crippen molar-refractivity contribution in [3.8, 4) is 0 Å². The molecular weight excluding hydrogens is 240 g/mol. The van der Waals surface area contributed by atoms with E-state index in [1.54, 1.807) is 12.1 Å². The highest BCUT2D eigenvalue weighted by atomic mass is 16.6. The quantitative estimate of drug-likeness (QED) is 0.577. The van der Waals surface area contributed by atoms with Gasteiger partial charge in [-0.2, -0.15) is 0 Å². The third-order valence-corrected chi connectivity index (χ3v) is 3.51. The molecule has 0 saturated heterocycles. The zero-order valence-electron chi connectivity index (χ0n) is 12.1. The lowest BCUT2D eigenvalue weighted by molar-refractivity contribution is -0.384. The van der Waals surface area contributed by atoms with E-state index in [2.05, 4.69) is 26.1 Å². The van der Waals surface area contributed by atoms with Crippen molar-refractivity contribution in [2.24, 2.45) is 5.92 Å². The molecule has 19 heavy (non-hydrogen) atoms. The van der Waals surface area contributed by atoms with Crippen LogP contribution in [0.3, 0.4) is 0 Å². The summed E-state index contributed by atoms with van der Waals surface area (Å²) >= 11 is 0. The number of benzene rings is 1. The first-order valence-corrected chi connectivity index (χ1v) is 7.03. The average molecular weight is 264 g/mol. The monoisotopic (exact) mass is 264 g/mol. The van der Waals surface area contributed by atoms with Gasteiger partial charge in [0.2, 0.25) is 0 Å². The van der Waals surface area contributed by atoms with Crippen LogP contribution in [0.2, 0.25) is 0 Å². The van der Waals surface area contributed by atoms with Gasteiger partial charge in [0.1, 0.15) is 0 Å². The maximum Gasteiger partial charge on any atom is 0.269 e. The van der Waals surface area contributed by atoms with Gasteiger partial charge in [-0.1, -0.05) is 39.3 Å². The highest BCUT2D eigenvalue weighted by molar-refractivity contribution is 5.33. The summed E-state index contributed by atoms with van der Waals surface area (Å²) in [5, 5.41) is 14.1. The molecule has 0 aliphatic carbocycles. The number of likely N-dealkylation sites (N-methyl/N-ethyl adjacent to an activating group) is 1. The predicted molar refractivity (Wildman–Crippen MR) is 78.3 cm³/mol. The number of hydrogen-bond donors (Lipinski definition) is 1. The van der Waals surface area contributed by atoms with E-state index in [-0.39, 0.29) is 10.6 Å². The lowest BCUT2D eigenvalue weighted by Gasteiger charge is -2.21. The van der Waals surface area contributed by atoms with Gasteiger partial charge in [-0.15, -0.1) is 0 Å². The number of nitrogens with one attached hydrogen (secondary N) is 1. The van der Waals surface area contributed by atoms with E-state index in [1.165, 1.54) is 6.42 Å². The number of non-ortho nitro benzene ring substituents is 1. The molecule has 1 N–H and O–H groups in total. The molecule has 2 unspecified atom stereocenters. The van der Waals surface area contributed by atoms with E-state index in [9.17, 15) is 10.1 Å². The second kappa shape index (κ2) is 7.89. The molecule has 0 aromatic heterocycles. The highest BCUT2D eigenvalue weighted by Crippen LogP contribution is 2.17. The van der Waals surface area contributed by atoms with Crippen LogP contribution in [-0.4, -0.2) is 17.5 Å². The first kappa shape index (κ1) is 15.6. The van der Waals surface area contributed by atoms with Crippen LogP contribution in [0.25, 0.3) is 0 Å². The summed E-state index contributed by atoms with van der Waals surface area (Å²) in [6, 6.07) is 7.34. The van der Waals surface area contributed by atoms with Crippen molar-refractivity contribution in [2.45, 2.75) is 46.1 Å². The van der Waals surface area contributed by atoms with Crippen molar-refractivity contribution in [3.05, 3.63) is 39.9 Å². The largest absolute Gasteiger partial charge is 0.314 e. The smallest absolute Gasteiger partial charge is 0.269 e. The van der Waals surface area contributed by atoms with Crippen LogP contribution in [0.15, 0.2) is 24.3 Å². The summed E-state index contributed by atoms with van der Waals surface area (Å²) < 4.78 is 0. The van der Waals surface area contributed by atoms with E-state index in [1.807, 2.05) is 12.1 Å². The maximum absolute atomic E-state index is 10.6. The molecule has 1 aromatic carbocycles. The molecule has 0 heterocycles. The Morgan fingerprint density at radius 2 is 1.89 bits per heavy atom. The molecule has 4 heteroatoms. The SMILES string of the molecule is CCNC(Cc1ccc([N+](=O)[O-])cc1)CC(C)CC. The minimum Gasteiger partial charge on any atom is -0.314 e. The molecule has 0 spiro atoms. The van der Waals surface area contributed by atoms with Crippen molar-refractivity contribution in [3.63, 3.8) is 0 Å². The summed E-state index contributed by atoms with van der Waals surface area (Å²) in [5.41, 5.74) is 1.31. The second-order valence-corrected chi connectivity index (χ2v) is 5.13. The van der Waals surface area contributed by atoms with Crippen LogP contribution in [0.1, 0.15) is 39.2 Å². The van der Waals surface area contributed by atoms with E-state index < -0.39 is 0 Å². The zero-order chi connectivity index (χ0) is 14.3. The first-order valence-electron chi connectivity index (χ1n) is 7.03. The van der Waals surface area contributed by atoms with Gasteiger partial charge in [0.15, 0.2) is 0 Å². The van der Waals surface area contributed by atoms with Gasteiger partial charge < -0.3 is 5.32 Å². The van der Waals surface area contributed by atoms with Crippen molar-refractivity contribution in [2.75, 3.05) is 6.54 Å². The van der Waals surface area contributed by atoms with Crippen LogP contribution in [-0.2, 0) is 6.42 Å². The molecule has 0 saturated carbocycles. The summed E-state index contributed by atoms with van der Waals surface area (Å²) in [4.78, 5) is 10.3. The maximum atomic E-state index is 10.6. The molecule has 0 fully saturated rings. The van der Waals surface area contributed by atoms with Crippen molar-refractivity contribution >= 4 is 5.69 Å². The van der Waals surface area contributed by atoms with Crippen LogP contribution >= 0.6 is 0 Å². The van der Waals surface area contributed by atoms with Gasteiger partial charge in [0.25, 0.3) is 5.69 Å². The Kier molecular flexibility index (Phi) is 6.50. The molecule has 106 valence electrons. The number of nitrogens with zero attached hydrogens (tertiary/aromatic N) is 1. The van der Waals surface area contributed by atoms with Crippen molar-refractivity contribution in [1.29, 1.82) is 0 Å². The van der Waals surface area contributed by atoms with Crippen LogP contribution < -0.4 is 5.32 Å². The second-order valence-electron chi connectivity index (χ2n) is 5.13. The summed E-state index contributed by atoms with van der Waals surface area (Å²) in [5.74, 6) is 0.696. The van der Waals surface area contributed by atoms with Crippen molar-refractivity contribution < 1.29 is 4.92 Å². The molecule has 1 aromatic rings. The Labute approximate surface area is 115 Å². The fraction of sp³-hybridized carbons (Fsp3) is 0.600. The Balaban J connectivity index is 2.64. The Bertz CT molecular complexity index is 390. The van der Waals surface area contributed by atoms with E-state index in [0.29, 0.717) is 12.0 Å². The van der Waals surface area contributed by atoms with Gasteiger partial charge in [-0.25, -0.2) is 0 Å². The lowest BCUT2D eigenvalue weighted by Crippen LogP contribution is -2.32.